The summed E-state index contributed by atoms with van der Waals surface area (Å²) in [6.07, 6.45) is 0. The second kappa shape index (κ2) is 22.1. The highest BCUT2D eigenvalue weighted by molar-refractivity contribution is 6.18. The van der Waals surface area contributed by atoms with E-state index in [0.717, 1.165) is 73.6 Å². The van der Waals surface area contributed by atoms with Crippen LogP contribution in [-0.2, 0) is 0 Å². The minimum Gasteiger partial charge on any atom is -0.311 e. The van der Waals surface area contributed by atoms with E-state index in [1.807, 2.05) is 0 Å². The Balaban J connectivity index is 0.861. The van der Waals surface area contributed by atoms with Crippen molar-refractivity contribution < 1.29 is 0 Å². The molecular formula is C78H56N4. The molecule has 14 rings (SSSR count). The topological polar surface area (TPSA) is 14.7 Å². The largest absolute Gasteiger partial charge is 0.311 e. The molecule has 0 bridgehead atoms. The molecule has 0 atom stereocenters. The number of benzene rings is 13. The molecule has 0 saturated carbocycles. The van der Waals surface area contributed by atoms with Gasteiger partial charge in [-0.15, -0.1) is 0 Å². The van der Waals surface area contributed by atoms with E-state index >= 15 is 0 Å². The van der Waals surface area contributed by atoms with E-state index in [0.29, 0.717) is 0 Å². The number of anilines is 9. The van der Waals surface area contributed by atoms with Crippen LogP contribution in [0.2, 0.25) is 0 Å². The fourth-order valence-electron chi connectivity index (χ4n) is 11.8. The van der Waals surface area contributed by atoms with Gasteiger partial charge in [0, 0.05) is 73.2 Å². The summed E-state index contributed by atoms with van der Waals surface area (Å²) in [5, 5.41) is 3.61. The lowest BCUT2D eigenvalue weighted by atomic mass is 9.94. The summed E-state index contributed by atoms with van der Waals surface area (Å²) in [5.74, 6) is 0. The molecule has 13 aromatic carbocycles. The third kappa shape index (κ3) is 9.44. The first-order chi connectivity index (χ1) is 40.7. The van der Waals surface area contributed by atoms with Crippen molar-refractivity contribution in [2.75, 3.05) is 14.7 Å². The third-order valence-corrected chi connectivity index (χ3v) is 15.6. The summed E-state index contributed by atoms with van der Waals surface area (Å²) in [6.45, 7) is 0. The standard InChI is InChI=1S/C78H56N4/c1-8-23-60(24-9-1)76-75-56-55-73-72(37-22-38-74(73)78(75)82(66-35-20-7-21-36-66)77(76)61-25-10-2-11-26-61)59-43-49-69(50-44-59)81(71-53-51-70(52-54-71)80(64-31-16-5-17-32-64)65-33-18-6-19-34-65)68-47-41-58(42-48-68)57-39-45-67(46-40-57)79(62-27-12-3-13-28-62)63-29-14-4-15-30-63/h1-56H. The number of hydrogen-bond donors (Lipinski definition) is 0. The summed E-state index contributed by atoms with van der Waals surface area (Å²) < 4.78 is 2.48. The van der Waals surface area contributed by atoms with Gasteiger partial charge in [0.15, 0.2) is 0 Å². The number of nitrogens with zero attached hydrogens (tertiary/aromatic N) is 4. The van der Waals surface area contributed by atoms with E-state index in [1.165, 1.54) is 49.6 Å². The smallest absolute Gasteiger partial charge is 0.0620 e. The molecule has 1 aromatic heterocycles. The van der Waals surface area contributed by atoms with Gasteiger partial charge in [-0.2, -0.15) is 0 Å². The van der Waals surface area contributed by atoms with Gasteiger partial charge in [-0.05, 0) is 160 Å². The van der Waals surface area contributed by atoms with E-state index < -0.39 is 0 Å². The quantitative estimate of drug-likeness (QED) is 0.108. The summed E-state index contributed by atoms with van der Waals surface area (Å²) in [5.41, 5.74) is 21.4. The minimum absolute atomic E-state index is 1.05. The minimum atomic E-state index is 1.05. The molecule has 14 aromatic rings. The zero-order chi connectivity index (χ0) is 54.6. The fraction of sp³-hybridized carbons (Fsp3) is 0. The Bertz CT molecular complexity index is 4340. The van der Waals surface area contributed by atoms with Crippen molar-refractivity contribution in [1.82, 2.24) is 4.57 Å². The van der Waals surface area contributed by atoms with E-state index in [-0.39, 0.29) is 0 Å². The number of aromatic nitrogens is 1. The predicted molar refractivity (Wildman–Crippen MR) is 347 cm³/mol. The maximum absolute atomic E-state index is 2.48. The van der Waals surface area contributed by atoms with Crippen molar-refractivity contribution in [3.05, 3.63) is 340 Å². The number of rotatable bonds is 14. The molecule has 1 heterocycles. The van der Waals surface area contributed by atoms with Crippen molar-refractivity contribution in [2.45, 2.75) is 0 Å². The van der Waals surface area contributed by atoms with Crippen LogP contribution >= 0.6 is 0 Å². The first kappa shape index (κ1) is 49.4. The molecule has 0 saturated heterocycles. The fourth-order valence-corrected chi connectivity index (χ4v) is 11.8. The molecule has 0 radical (unpaired) electrons. The number of hydrogen-bond acceptors (Lipinski definition) is 3. The van der Waals surface area contributed by atoms with Crippen molar-refractivity contribution in [3.63, 3.8) is 0 Å². The van der Waals surface area contributed by atoms with Crippen LogP contribution in [-0.4, -0.2) is 4.57 Å². The summed E-state index contributed by atoms with van der Waals surface area (Å²) in [7, 11) is 0. The highest BCUT2D eigenvalue weighted by Gasteiger charge is 2.24. The Morgan fingerprint density at radius 3 is 0.915 bits per heavy atom. The van der Waals surface area contributed by atoms with E-state index in [9.17, 15) is 0 Å². The van der Waals surface area contributed by atoms with E-state index in [2.05, 4.69) is 359 Å². The Morgan fingerprint density at radius 1 is 0.195 bits per heavy atom. The van der Waals surface area contributed by atoms with Crippen LogP contribution < -0.4 is 14.7 Å². The van der Waals surface area contributed by atoms with Crippen LogP contribution in [0.1, 0.15) is 0 Å². The monoisotopic (exact) mass is 1050 g/mol. The molecule has 0 aliphatic carbocycles. The molecule has 0 unspecified atom stereocenters. The lowest BCUT2D eigenvalue weighted by Gasteiger charge is -2.28. The van der Waals surface area contributed by atoms with Crippen LogP contribution in [0.15, 0.2) is 340 Å². The van der Waals surface area contributed by atoms with E-state index in [4.69, 9.17) is 0 Å². The van der Waals surface area contributed by atoms with Crippen LogP contribution in [0, 0.1) is 0 Å². The molecule has 0 amide bonds. The zero-order valence-electron chi connectivity index (χ0n) is 45.1. The van der Waals surface area contributed by atoms with Crippen LogP contribution in [0.3, 0.4) is 0 Å². The first-order valence-corrected chi connectivity index (χ1v) is 28.0. The lowest BCUT2D eigenvalue weighted by Crippen LogP contribution is -2.12. The average Bonchev–Trinajstić information content (AvgIpc) is 4.11. The second-order valence-corrected chi connectivity index (χ2v) is 20.5. The summed E-state index contributed by atoms with van der Waals surface area (Å²) in [6, 6.07) is 122. The Kier molecular flexibility index (Phi) is 13.3. The number of para-hydroxylation sites is 5. The van der Waals surface area contributed by atoms with E-state index in [1.54, 1.807) is 0 Å². The molecule has 4 nitrogen and oxygen atoms in total. The predicted octanol–water partition coefficient (Wildman–Crippen LogP) is 21.9. The molecule has 0 spiro atoms. The van der Waals surface area contributed by atoms with Gasteiger partial charge in [-0.1, -0.05) is 218 Å². The summed E-state index contributed by atoms with van der Waals surface area (Å²) >= 11 is 0. The normalized spacial score (nSPS) is 11.2. The molecule has 82 heavy (non-hydrogen) atoms. The average molecular weight is 1050 g/mol. The molecule has 388 valence electrons. The third-order valence-electron chi connectivity index (χ3n) is 15.6. The SMILES string of the molecule is c1ccc(-c2c(-c3ccccc3)n(-c3ccccc3)c3c2ccc2c(-c4ccc(N(c5ccc(-c6ccc(N(c7ccccc7)c7ccccc7)cc6)cc5)c5ccc(N(c6ccccc6)c6ccccc6)cc5)cc4)cccc23)cc1. The Hall–Kier alpha value is -10.9. The Labute approximate surface area is 479 Å². The zero-order valence-corrected chi connectivity index (χ0v) is 45.1. The highest BCUT2D eigenvalue weighted by atomic mass is 15.2. The summed E-state index contributed by atoms with van der Waals surface area (Å²) in [4.78, 5) is 6.97. The van der Waals surface area contributed by atoms with Crippen molar-refractivity contribution >= 4 is 72.9 Å². The molecule has 4 heteroatoms. The molecule has 0 aliphatic heterocycles. The first-order valence-electron chi connectivity index (χ1n) is 28.0. The molecular weight excluding hydrogens is 993 g/mol. The molecule has 0 aliphatic rings. The van der Waals surface area contributed by atoms with Gasteiger partial charge < -0.3 is 19.3 Å². The maximum Gasteiger partial charge on any atom is 0.0620 e. The van der Waals surface area contributed by atoms with Crippen molar-refractivity contribution in [3.8, 4) is 50.3 Å². The second-order valence-electron chi connectivity index (χ2n) is 20.5. The maximum atomic E-state index is 2.48. The van der Waals surface area contributed by atoms with Crippen LogP contribution in [0.25, 0.3) is 72.0 Å². The number of fused-ring (bicyclic) bond motifs is 3. The van der Waals surface area contributed by atoms with Crippen LogP contribution in [0.5, 0.6) is 0 Å². The van der Waals surface area contributed by atoms with Gasteiger partial charge in [0.25, 0.3) is 0 Å². The van der Waals surface area contributed by atoms with Gasteiger partial charge >= 0.3 is 0 Å². The van der Waals surface area contributed by atoms with Gasteiger partial charge in [-0.25, -0.2) is 0 Å². The lowest BCUT2D eigenvalue weighted by molar-refractivity contribution is 1.14. The van der Waals surface area contributed by atoms with Crippen molar-refractivity contribution in [2.24, 2.45) is 0 Å². The van der Waals surface area contributed by atoms with Gasteiger partial charge in [-0.3, -0.25) is 0 Å². The van der Waals surface area contributed by atoms with Gasteiger partial charge in [0.2, 0.25) is 0 Å². The van der Waals surface area contributed by atoms with Crippen molar-refractivity contribution in [1.29, 1.82) is 0 Å². The van der Waals surface area contributed by atoms with Gasteiger partial charge in [0.05, 0.1) is 11.2 Å². The van der Waals surface area contributed by atoms with Gasteiger partial charge in [0.1, 0.15) is 0 Å². The molecule has 0 fully saturated rings. The molecule has 0 N–H and O–H groups in total. The van der Waals surface area contributed by atoms with Crippen LogP contribution in [0.4, 0.5) is 51.2 Å². The highest BCUT2D eigenvalue weighted by Crippen LogP contribution is 2.47. The Morgan fingerprint density at radius 2 is 0.512 bits per heavy atom.